The average molecular weight is 232 g/mol. The van der Waals surface area contributed by atoms with Crippen molar-refractivity contribution < 1.29 is 4.39 Å². The summed E-state index contributed by atoms with van der Waals surface area (Å²) in [6.45, 7) is 1.12. The average Bonchev–Trinajstić information content (AvgIpc) is 2.88. The monoisotopic (exact) mass is 232 g/mol. The van der Waals surface area contributed by atoms with Crippen LogP contribution in [-0.4, -0.2) is 30.5 Å². The Morgan fingerprint density at radius 3 is 3.00 bits per heavy atom. The molecule has 1 aliphatic rings. The molecule has 1 aliphatic carbocycles. The molecule has 0 bridgehead atoms. The van der Waals surface area contributed by atoms with Crippen molar-refractivity contribution in [2.75, 3.05) is 20.6 Å². The highest BCUT2D eigenvalue weighted by molar-refractivity contribution is 5.84. The number of hydrogen-bond acceptors (Lipinski definition) is 1. The van der Waals surface area contributed by atoms with E-state index in [0.29, 0.717) is 5.92 Å². The Morgan fingerprint density at radius 1 is 1.41 bits per heavy atom. The van der Waals surface area contributed by atoms with Crippen molar-refractivity contribution in [3.8, 4) is 0 Å². The van der Waals surface area contributed by atoms with Gasteiger partial charge in [-0.1, -0.05) is 0 Å². The fourth-order valence-electron chi connectivity index (χ4n) is 2.72. The van der Waals surface area contributed by atoms with Crippen LogP contribution in [0.3, 0.4) is 0 Å². The maximum absolute atomic E-state index is 13.3. The van der Waals surface area contributed by atoms with Crippen LogP contribution in [0.4, 0.5) is 4.39 Å². The van der Waals surface area contributed by atoms with Gasteiger partial charge in [0.2, 0.25) is 0 Å². The van der Waals surface area contributed by atoms with Crippen molar-refractivity contribution in [1.82, 2.24) is 9.88 Å². The number of nitrogens with zero attached hydrogens (tertiary/aromatic N) is 1. The van der Waals surface area contributed by atoms with Crippen LogP contribution in [0.25, 0.3) is 10.9 Å². The third-order valence-electron chi connectivity index (χ3n) is 3.60. The van der Waals surface area contributed by atoms with Gasteiger partial charge in [0.05, 0.1) is 0 Å². The van der Waals surface area contributed by atoms with Crippen LogP contribution in [0.5, 0.6) is 0 Å². The van der Waals surface area contributed by atoms with Gasteiger partial charge >= 0.3 is 0 Å². The molecule has 17 heavy (non-hydrogen) atoms. The van der Waals surface area contributed by atoms with E-state index in [1.165, 1.54) is 18.1 Å². The minimum absolute atomic E-state index is 0.150. The normalized spacial score (nSPS) is 23.5. The Labute approximate surface area is 100 Å². The summed E-state index contributed by atoms with van der Waals surface area (Å²) in [5, 5.41) is 1.05. The smallest absolute Gasteiger partial charge is 0.123 e. The van der Waals surface area contributed by atoms with Gasteiger partial charge in [-0.15, -0.1) is 0 Å². The molecule has 0 radical (unpaired) electrons. The summed E-state index contributed by atoms with van der Waals surface area (Å²) in [5.74, 6) is 1.18. The zero-order chi connectivity index (χ0) is 12.0. The van der Waals surface area contributed by atoms with Crippen molar-refractivity contribution in [2.24, 2.45) is 5.92 Å². The van der Waals surface area contributed by atoms with Crippen LogP contribution in [0.1, 0.15) is 17.9 Å². The van der Waals surface area contributed by atoms with Gasteiger partial charge in [-0.25, -0.2) is 4.39 Å². The maximum Gasteiger partial charge on any atom is 0.123 e. The number of hydrogen-bond donors (Lipinski definition) is 1. The fourth-order valence-corrected chi connectivity index (χ4v) is 2.72. The van der Waals surface area contributed by atoms with Crippen molar-refractivity contribution in [3.63, 3.8) is 0 Å². The third kappa shape index (κ3) is 1.95. The van der Waals surface area contributed by atoms with E-state index >= 15 is 0 Å². The number of halogens is 1. The lowest BCUT2D eigenvalue weighted by Gasteiger charge is -2.08. The van der Waals surface area contributed by atoms with E-state index in [2.05, 4.69) is 24.0 Å². The molecule has 0 spiro atoms. The first-order valence-electron chi connectivity index (χ1n) is 6.06. The second-order valence-corrected chi connectivity index (χ2v) is 5.30. The predicted octanol–water partition coefficient (Wildman–Crippen LogP) is 2.97. The van der Waals surface area contributed by atoms with Gasteiger partial charge in [0.1, 0.15) is 5.82 Å². The third-order valence-corrected chi connectivity index (χ3v) is 3.60. The van der Waals surface area contributed by atoms with Crippen LogP contribution in [0.2, 0.25) is 0 Å². The molecular weight excluding hydrogens is 215 g/mol. The second kappa shape index (κ2) is 3.84. The molecule has 1 heterocycles. The molecule has 1 aromatic carbocycles. The van der Waals surface area contributed by atoms with E-state index in [0.717, 1.165) is 23.4 Å². The number of rotatable bonds is 3. The minimum atomic E-state index is -0.150. The summed E-state index contributed by atoms with van der Waals surface area (Å²) in [4.78, 5) is 5.45. The lowest BCUT2D eigenvalue weighted by atomic mass is 10.1. The molecule has 3 rings (SSSR count). The second-order valence-electron chi connectivity index (χ2n) is 5.30. The Morgan fingerprint density at radius 2 is 2.24 bits per heavy atom. The van der Waals surface area contributed by atoms with Gasteiger partial charge in [0.25, 0.3) is 0 Å². The molecule has 2 nitrogen and oxygen atoms in total. The lowest BCUT2D eigenvalue weighted by Crippen LogP contribution is -2.15. The first-order chi connectivity index (χ1) is 8.15. The number of H-pyrrole nitrogens is 1. The molecule has 0 aliphatic heterocycles. The van der Waals surface area contributed by atoms with Gasteiger partial charge in [-0.05, 0) is 56.1 Å². The van der Waals surface area contributed by atoms with Crippen molar-refractivity contribution >= 4 is 10.9 Å². The highest BCUT2D eigenvalue weighted by Gasteiger charge is 2.39. The number of aromatic nitrogens is 1. The number of aromatic amines is 1. The van der Waals surface area contributed by atoms with E-state index in [4.69, 9.17) is 0 Å². The highest BCUT2D eigenvalue weighted by atomic mass is 19.1. The lowest BCUT2D eigenvalue weighted by molar-refractivity contribution is 0.385. The highest BCUT2D eigenvalue weighted by Crippen LogP contribution is 2.49. The molecule has 0 saturated heterocycles. The SMILES string of the molecule is CN(C)C[C@@H]1C[C@@H]1c1c[nH]c2ccc(F)cc12. The first-order valence-corrected chi connectivity index (χ1v) is 6.06. The molecular formula is C14H17FN2. The van der Waals surface area contributed by atoms with Crippen LogP contribution in [0, 0.1) is 11.7 Å². The standard InChI is InChI=1S/C14H17FN2/c1-17(2)8-9-5-11(9)13-7-16-14-4-3-10(15)6-12(13)14/h3-4,6-7,9,11,16H,5,8H2,1-2H3/t9-,11-/m0/s1. The maximum atomic E-state index is 13.3. The minimum Gasteiger partial charge on any atom is -0.361 e. The number of fused-ring (bicyclic) bond motifs is 1. The van der Waals surface area contributed by atoms with Gasteiger partial charge in [0.15, 0.2) is 0 Å². The summed E-state index contributed by atoms with van der Waals surface area (Å²) in [6, 6.07) is 4.97. The largest absolute Gasteiger partial charge is 0.361 e. The zero-order valence-corrected chi connectivity index (χ0v) is 10.2. The van der Waals surface area contributed by atoms with E-state index in [9.17, 15) is 4.39 Å². The molecule has 90 valence electrons. The summed E-state index contributed by atoms with van der Waals surface area (Å²) in [6.07, 6.45) is 3.27. The van der Waals surface area contributed by atoms with Crippen molar-refractivity contribution in [3.05, 3.63) is 35.8 Å². The van der Waals surface area contributed by atoms with Gasteiger partial charge < -0.3 is 9.88 Å². The van der Waals surface area contributed by atoms with E-state index in [1.807, 2.05) is 12.3 Å². The Balaban J connectivity index is 1.89. The molecule has 1 saturated carbocycles. The fraction of sp³-hybridized carbons (Fsp3) is 0.429. The summed E-state index contributed by atoms with van der Waals surface area (Å²) in [7, 11) is 4.20. The summed E-state index contributed by atoms with van der Waals surface area (Å²) >= 11 is 0. The number of nitrogens with one attached hydrogen (secondary N) is 1. The Kier molecular flexibility index (Phi) is 2.44. The van der Waals surface area contributed by atoms with E-state index in [1.54, 1.807) is 6.07 Å². The molecule has 2 atom stereocenters. The van der Waals surface area contributed by atoms with E-state index < -0.39 is 0 Å². The summed E-state index contributed by atoms with van der Waals surface area (Å²) in [5.41, 5.74) is 2.32. The number of benzene rings is 1. The van der Waals surface area contributed by atoms with Crippen LogP contribution in [-0.2, 0) is 0 Å². The molecule has 1 aromatic heterocycles. The quantitative estimate of drug-likeness (QED) is 0.862. The molecule has 3 heteroatoms. The van der Waals surface area contributed by atoms with Crippen LogP contribution < -0.4 is 0 Å². The molecule has 0 amide bonds. The van der Waals surface area contributed by atoms with E-state index in [-0.39, 0.29) is 5.82 Å². The van der Waals surface area contributed by atoms with Crippen LogP contribution >= 0.6 is 0 Å². The Hall–Kier alpha value is -1.35. The first kappa shape index (κ1) is 10.8. The van der Waals surface area contributed by atoms with Crippen LogP contribution in [0.15, 0.2) is 24.4 Å². The molecule has 1 N–H and O–H groups in total. The topological polar surface area (TPSA) is 19.0 Å². The molecule has 0 unspecified atom stereocenters. The Bertz CT molecular complexity index is 544. The summed E-state index contributed by atoms with van der Waals surface area (Å²) < 4.78 is 13.3. The molecule has 2 aromatic rings. The predicted molar refractivity (Wildman–Crippen MR) is 67.7 cm³/mol. The van der Waals surface area contributed by atoms with Gasteiger partial charge in [0, 0.05) is 23.6 Å². The van der Waals surface area contributed by atoms with Gasteiger partial charge in [-0.2, -0.15) is 0 Å². The zero-order valence-electron chi connectivity index (χ0n) is 10.2. The van der Waals surface area contributed by atoms with Crippen molar-refractivity contribution in [2.45, 2.75) is 12.3 Å². The van der Waals surface area contributed by atoms with Gasteiger partial charge in [-0.3, -0.25) is 0 Å². The molecule has 1 fully saturated rings. The van der Waals surface area contributed by atoms with Crippen molar-refractivity contribution in [1.29, 1.82) is 0 Å².